The summed E-state index contributed by atoms with van der Waals surface area (Å²) in [5, 5.41) is 6.57. The maximum absolute atomic E-state index is 11.6. The summed E-state index contributed by atoms with van der Waals surface area (Å²) in [4.78, 5) is 4.20. The Kier molecular flexibility index (Phi) is 9.55. The van der Waals surface area contributed by atoms with Gasteiger partial charge in [-0.15, -0.1) is 0 Å². The molecule has 1 saturated carbocycles. The Morgan fingerprint density at radius 2 is 1.78 bits per heavy atom. The topological polar surface area (TPSA) is 73.8 Å². The van der Waals surface area contributed by atoms with Gasteiger partial charge in [0.1, 0.15) is 0 Å². The molecule has 0 bridgehead atoms. The monoisotopic (exact) mass is 346 g/mol. The number of hydrogen-bond acceptors (Lipinski definition) is 3. The molecule has 1 aliphatic rings. The van der Waals surface area contributed by atoms with E-state index in [2.05, 4.69) is 15.6 Å². The van der Waals surface area contributed by atoms with Crippen LogP contribution in [0.1, 0.15) is 51.9 Å². The van der Waals surface area contributed by atoms with Gasteiger partial charge in [-0.3, -0.25) is 4.99 Å². The van der Waals surface area contributed by atoms with E-state index < -0.39 is 10.0 Å². The zero-order valence-electron chi connectivity index (χ0n) is 15.0. The predicted molar refractivity (Wildman–Crippen MR) is 97.3 cm³/mol. The highest BCUT2D eigenvalue weighted by molar-refractivity contribution is 7.89. The smallest absolute Gasteiger partial charge is 0.213 e. The van der Waals surface area contributed by atoms with E-state index in [4.69, 9.17) is 0 Å². The van der Waals surface area contributed by atoms with E-state index in [0.717, 1.165) is 24.8 Å². The average molecular weight is 347 g/mol. The minimum atomic E-state index is -3.07. The van der Waals surface area contributed by atoms with Crippen molar-refractivity contribution in [2.24, 2.45) is 10.9 Å². The second-order valence-corrected chi connectivity index (χ2v) is 8.66. The van der Waals surface area contributed by atoms with Crippen molar-refractivity contribution >= 4 is 16.0 Å². The van der Waals surface area contributed by atoms with Crippen LogP contribution in [0.2, 0.25) is 0 Å². The van der Waals surface area contributed by atoms with E-state index >= 15 is 0 Å². The molecule has 0 radical (unpaired) electrons. The highest BCUT2D eigenvalue weighted by Gasteiger charge is 2.15. The van der Waals surface area contributed by atoms with Crippen LogP contribution in [0.4, 0.5) is 0 Å². The van der Waals surface area contributed by atoms with Gasteiger partial charge in [0.2, 0.25) is 10.0 Å². The Bertz CT molecular complexity index is 445. The van der Waals surface area contributed by atoms with Gasteiger partial charge in [0.25, 0.3) is 0 Å². The molecule has 2 N–H and O–H groups in total. The van der Waals surface area contributed by atoms with Crippen molar-refractivity contribution in [3.63, 3.8) is 0 Å². The third-order valence-electron chi connectivity index (χ3n) is 4.56. The maximum Gasteiger partial charge on any atom is 0.213 e. The minimum Gasteiger partial charge on any atom is -0.356 e. The minimum absolute atomic E-state index is 0.154. The first kappa shape index (κ1) is 20.2. The lowest BCUT2D eigenvalue weighted by molar-refractivity contribution is 0.460. The fourth-order valence-corrected chi connectivity index (χ4v) is 3.83. The summed E-state index contributed by atoms with van der Waals surface area (Å²) >= 11 is 0. The van der Waals surface area contributed by atoms with Gasteiger partial charge in [-0.2, -0.15) is 0 Å². The molecule has 1 fully saturated rings. The Hall–Kier alpha value is -0.820. The van der Waals surface area contributed by atoms with Crippen LogP contribution < -0.4 is 10.6 Å². The van der Waals surface area contributed by atoms with Crippen LogP contribution in [-0.4, -0.2) is 58.2 Å². The van der Waals surface area contributed by atoms with Crippen molar-refractivity contribution in [1.29, 1.82) is 0 Å². The van der Waals surface area contributed by atoms with Crippen molar-refractivity contribution in [2.45, 2.75) is 51.9 Å². The molecule has 0 unspecified atom stereocenters. The molecule has 0 spiro atoms. The third-order valence-corrected chi connectivity index (χ3v) is 6.42. The first-order valence-electron chi connectivity index (χ1n) is 8.88. The van der Waals surface area contributed by atoms with Crippen LogP contribution in [0.25, 0.3) is 0 Å². The van der Waals surface area contributed by atoms with Crippen molar-refractivity contribution in [1.82, 2.24) is 14.9 Å². The molecule has 1 rings (SSSR count). The molecule has 0 aromatic heterocycles. The highest BCUT2D eigenvalue weighted by Crippen LogP contribution is 2.28. The Morgan fingerprint density at radius 1 is 1.17 bits per heavy atom. The molecule has 136 valence electrons. The van der Waals surface area contributed by atoms with Crippen LogP contribution in [0.3, 0.4) is 0 Å². The van der Waals surface area contributed by atoms with Crippen LogP contribution in [0, 0.1) is 5.92 Å². The van der Waals surface area contributed by atoms with Gasteiger partial charge in [0, 0.05) is 33.7 Å². The van der Waals surface area contributed by atoms with Crippen molar-refractivity contribution in [3.8, 4) is 0 Å². The number of aliphatic imine (C=N–C) groups is 1. The largest absolute Gasteiger partial charge is 0.356 e. The maximum atomic E-state index is 11.6. The first-order valence-corrected chi connectivity index (χ1v) is 10.5. The average Bonchev–Trinajstić information content (AvgIpc) is 3.06. The molecular formula is C16H34N4O2S. The lowest BCUT2D eigenvalue weighted by Crippen LogP contribution is -2.39. The van der Waals surface area contributed by atoms with Crippen LogP contribution >= 0.6 is 0 Å². The fourth-order valence-electron chi connectivity index (χ4n) is 2.99. The molecule has 1 aliphatic carbocycles. The SMILES string of the molecule is CCS(=O)(=O)N(C)CCCNC(=NC)NCCCC1CCCC1. The molecule has 0 aromatic carbocycles. The van der Waals surface area contributed by atoms with Crippen LogP contribution in [0.5, 0.6) is 0 Å². The number of nitrogens with zero attached hydrogens (tertiary/aromatic N) is 2. The summed E-state index contributed by atoms with van der Waals surface area (Å²) in [5.41, 5.74) is 0. The van der Waals surface area contributed by atoms with Gasteiger partial charge in [0.15, 0.2) is 5.96 Å². The summed E-state index contributed by atoms with van der Waals surface area (Å²) in [6.45, 7) is 3.86. The van der Waals surface area contributed by atoms with Gasteiger partial charge in [-0.1, -0.05) is 25.7 Å². The van der Waals surface area contributed by atoms with Gasteiger partial charge in [-0.05, 0) is 32.1 Å². The third kappa shape index (κ3) is 8.01. The van der Waals surface area contributed by atoms with Gasteiger partial charge in [-0.25, -0.2) is 12.7 Å². The number of hydrogen-bond donors (Lipinski definition) is 2. The standard InChI is InChI=1S/C16H34N4O2S/c1-4-23(21,22)20(3)14-8-13-19-16(17-2)18-12-7-11-15-9-5-6-10-15/h15H,4-14H2,1-3H3,(H2,17,18,19). The molecule has 0 heterocycles. The summed E-state index contributed by atoms with van der Waals surface area (Å²) in [6, 6.07) is 0. The lowest BCUT2D eigenvalue weighted by atomic mass is 10.0. The van der Waals surface area contributed by atoms with Gasteiger partial charge in [0.05, 0.1) is 5.75 Å². The Labute approximate surface area is 142 Å². The summed E-state index contributed by atoms with van der Waals surface area (Å²) in [7, 11) is 0.327. The molecule has 0 aliphatic heterocycles. The lowest BCUT2D eigenvalue weighted by Gasteiger charge is -2.17. The van der Waals surface area contributed by atoms with Gasteiger partial charge >= 0.3 is 0 Å². The van der Waals surface area contributed by atoms with Crippen molar-refractivity contribution < 1.29 is 8.42 Å². The predicted octanol–water partition coefficient (Wildman–Crippen LogP) is 1.79. The normalized spacial score (nSPS) is 17.0. The van der Waals surface area contributed by atoms with E-state index in [9.17, 15) is 8.42 Å². The van der Waals surface area contributed by atoms with E-state index in [0.29, 0.717) is 13.1 Å². The number of rotatable bonds is 10. The fraction of sp³-hybridized carbons (Fsp3) is 0.938. The Morgan fingerprint density at radius 3 is 2.35 bits per heavy atom. The molecule has 23 heavy (non-hydrogen) atoms. The van der Waals surface area contributed by atoms with Crippen molar-refractivity contribution in [2.75, 3.05) is 39.5 Å². The summed E-state index contributed by atoms with van der Waals surface area (Å²) in [5.74, 6) is 1.89. The second kappa shape index (κ2) is 10.9. The zero-order valence-corrected chi connectivity index (χ0v) is 15.8. The zero-order chi connectivity index (χ0) is 17.1. The first-order chi connectivity index (χ1) is 11.0. The van der Waals surface area contributed by atoms with E-state index in [1.165, 1.54) is 42.8 Å². The molecule has 0 aromatic rings. The van der Waals surface area contributed by atoms with E-state index in [-0.39, 0.29) is 5.75 Å². The number of sulfonamides is 1. The number of nitrogens with one attached hydrogen (secondary N) is 2. The van der Waals surface area contributed by atoms with Gasteiger partial charge < -0.3 is 10.6 Å². The van der Waals surface area contributed by atoms with Crippen LogP contribution in [-0.2, 0) is 10.0 Å². The summed E-state index contributed by atoms with van der Waals surface area (Å²) in [6.07, 6.45) is 8.88. The molecular weight excluding hydrogens is 312 g/mol. The number of guanidine groups is 1. The van der Waals surface area contributed by atoms with E-state index in [1.54, 1.807) is 21.0 Å². The van der Waals surface area contributed by atoms with E-state index in [1.807, 2.05) is 0 Å². The van der Waals surface area contributed by atoms with Crippen molar-refractivity contribution in [3.05, 3.63) is 0 Å². The molecule has 0 amide bonds. The quantitative estimate of drug-likeness (QED) is 0.359. The molecule has 0 atom stereocenters. The molecule has 6 nitrogen and oxygen atoms in total. The Balaban J connectivity index is 2.09. The molecule has 0 saturated heterocycles. The summed E-state index contributed by atoms with van der Waals surface area (Å²) < 4.78 is 24.7. The second-order valence-electron chi connectivity index (χ2n) is 6.29. The highest BCUT2D eigenvalue weighted by atomic mass is 32.2. The van der Waals surface area contributed by atoms with Crippen LogP contribution in [0.15, 0.2) is 4.99 Å². The molecule has 7 heteroatoms.